The lowest BCUT2D eigenvalue weighted by Gasteiger charge is -2.14. The summed E-state index contributed by atoms with van der Waals surface area (Å²) in [5, 5.41) is 9.48. The van der Waals surface area contributed by atoms with Crippen molar-refractivity contribution in [1.82, 2.24) is 20.4 Å². The van der Waals surface area contributed by atoms with Crippen LogP contribution in [0.1, 0.15) is 28.0 Å². The maximum absolute atomic E-state index is 13.5. The van der Waals surface area contributed by atoms with E-state index in [0.29, 0.717) is 13.0 Å². The summed E-state index contributed by atoms with van der Waals surface area (Å²) in [5.41, 5.74) is -0.342. The predicted molar refractivity (Wildman–Crippen MR) is 89.3 cm³/mol. The van der Waals surface area contributed by atoms with Gasteiger partial charge in [0.15, 0.2) is 5.69 Å². The van der Waals surface area contributed by atoms with Crippen molar-refractivity contribution in [3.63, 3.8) is 0 Å². The van der Waals surface area contributed by atoms with Crippen molar-refractivity contribution < 1.29 is 18.0 Å². The third-order valence-corrected chi connectivity index (χ3v) is 3.96. The number of benzene rings is 1. The molecule has 2 heterocycles. The summed E-state index contributed by atoms with van der Waals surface area (Å²) in [6.45, 7) is 3.13. The van der Waals surface area contributed by atoms with Crippen LogP contribution in [0, 0.1) is 6.92 Å². The molecule has 2 aromatic rings. The van der Waals surface area contributed by atoms with Gasteiger partial charge >= 0.3 is 6.18 Å². The van der Waals surface area contributed by atoms with E-state index < -0.39 is 23.3 Å². The van der Waals surface area contributed by atoms with Gasteiger partial charge in [-0.1, -0.05) is 17.7 Å². The molecule has 1 aliphatic rings. The van der Waals surface area contributed by atoms with Crippen LogP contribution in [0.15, 0.2) is 30.5 Å². The van der Waals surface area contributed by atoms with Gasteiger partial charge in [-0.05, 0) is 32.0 Å². The minimum Gasteiger partial charge on any atom is -0.348 e. The van der Waals surface area contributed by atoms with Crippen LogP contribution in [-0.2, 0) is 6.18 Å². The second kappa shape index (κ2) is 7.45. The van der Waals surface area contributed by atoms with Gasteiger partial charge in [-0.15, -0.1) is 12.4 Å². The molecule has 1 amide bonds. The third-order valence-electron chi connectivity index (χ3n) is 3.96. The minimum absolute atomic E-state index is 0. The fraction of sp³-hybridized carbons (Fsp3) is 0.375. The highest BCUT2D eigenvalue weighted by Crippen LogP contribution is 2.33. The molecule has 25 heavy (non-hydrogen) atoms. The normalized spacial score (nSPS) is 17.2. The summed E-state index contributed by atoms with van der Waals surface area (Å²) in [5.74, 6) is -0.755. The zero-order valence-corrected chi connectivity index (χ0v) is 14.2. The highest BCUT2D eigenvalue weighted by atomic mass is 35.5. The molecule has 9 heteroatoms. The number of nitrogens with zero attached hydrogens (tertiary/aromatic N) is 2. The molecule has 1 aromatic carbocycles. The lowest BCUT2D eigenvalue weighted by molar-refractivity contribution is -0.143. The van der Waals surface area contributed by atoms with Crippen LogP contribution in [0.25, 0.3) is 5.69 Å². The van der Waals surface area contributed by atoms with Crippen molar-refractivity contribution in [2.24, 2.45) is 0 Å². The van der Waals surface area contributed by atoms with E-state index >= 15 is 0 Å². The molecule has 0 saturated carbocycles. The number of alkyl halides is 3. The molecular formula is C16H18ClF3N4O. The van der Waals surface area contributed by atoms with Crippen LogP contribution in [0.5, 0.6) is 0 Å². The van der Waals surface area contributed by atoms with Crippen molar-refractivity contribution in [3.8, 4) is 5.69 Å². The van der Waals surface area contributed by atoms with E-state index in [4.69, 9.17) is 0 Å². The van der Waals surface area contributed by atoms with E-state index in [0.717, 1.165) is 23.0 Å². The Morgan fingerprint density at radius 3 is 2.56 bits per heavy atom. The highest BCUT2D eigenvalue weighted by Gasteiger charge is 2.40. The SMILES string of the molecule is Cc1ccc(-n2ncc(C(=O)NC3CCNC3)c2C(F)(F)F)cc1.Cl. The van der Waals surface area contributed by atoms with Gasteiger partial charge in [0.2, 0.25) is 0 Å². The van der Waals surface area contributed by atoms with Crippen LogP contribution in [0.3, 0.4) is 0 Å². The van der Waals surface area contributed by atoms with Gasteiger partial charge in [-0.2, -0.15) is 18.3 Å². The van der Waals surface area contributed by atoms with E-state index in [-0.39, 0.29) is 24.1 Å². The van der Waals surface area contributed by atoms with Crippen LogP contribution >= 0.6 is 12.4 Å². The summed E-state index contributed by atoms with van der Waals surface area (Å²) in [6.07, 6.45) is -3.03. The first kappa shape index (κ1) is 19.3. The Morgan fingerprint density at radius 2 is 2.00 bits per heavy atom. The van der Waals surface area contributed by atoms with Crippen LogP contribution in [0.4, 0.5) is 13.2 Å². The zero-order valence-electron chi connectivity index (χ0n) is 13.4. The molecule has 1 saturated heterocycles. The molecule has 1 fully saturated rings. The zero-order chi connectivity index (χ0) is 17.3. The average molecular weight is 375 g/mol. The second-order valence-corrected chi connectivity index (χ2v) is 5.82. The molecule has 1 unspecified atom stereocenters. The highest BCUT2D eigenvalue weighted by molar-refractivity contribution is 5.95. The molecule has 0 bridgehead atoms. The minimum atomic E-state index is -4.69. The van der Waals surface area contributed by atoms with Crippen LogP contribution in [0.2, 0.25) is 0 Å². The van der Waals surface area contributed by atoms with Gasteiger partial charge in [0.25, 0.3) is 5.91 Å². The number of aromatic nitrogens is 2. The fourth-order valence-electron chi connectivity index (χ4n) is 2.71. The average Bonchev–Trinajstić information content (AvgIpc) is 3.16. The topological polar surface area (TPSA) is 59.0 Å². The van der Waals surface area contributed by atoms with Crippen molar-refractivity contribution in [2.75, 3.05) is 13.1 Å². The summed E-state index contributed by atoms with van der Waals surface area (Å²) in [7, 11) is 0. The number of amides is 1. The molecule has 0 spiro atoms. The summed E-state index contributed by atoms with van der Waals surface area (Å²) in [6, 6.07) is 6.31. The lowest BCUT2D eigenvalue weighted by atomic mass is 10.1. The van der Waals surface area contributed by atoms with Crippen molar-refractivity contribution in [2.45, 2.75) is 25.6 Å². The van der Waals surface area contributed by atoms with Gasteiger partial charge in [0.1, 0.15) is 0 Å². The lowest BCUT2D eigenvalue weighted by Crippen LogP contribution is -2.37. The van der Waals surface area contributed by atoms with Gasteiger partial charge in [0, 0.05) is 12.6 Å². The number of hydrogen-bond donors (Lipinski definition) is 2. The fourth-order valence-corrected chi connectivity index (χ4v) is 2.71. The van der Waals surface area contributed by atoms with E-state index in [2.05, 4.69) is 15.7 Å². The molecule has 3 rings (SSSR count). The van der Waals surface area contributed by atoms with Gasteiger partial charge < -0.3 is 10.6 Å². The number of aryl methyl sites for hydroxylation is 1. The standard InChI is InChI=1S/C16H17F3N4O.ClH/c1-10-2-4-12(5-3-10)23-14(16(17,18)19)13(9-21-23)15(24)22-11-6-7-20-8-11;/h2-5,9,11,20H,6-8H2,1H3,(H,22,24);1H. The molecule has 1 aliphatic heterocycles. The molecule has 1 aromatic heterocycles. The summed E-state index contributed by atoms with van der Waals surface area (Å²) >= 11 is 0. The second-order valence-electron chi connectivity index (χ2n) is 5.82. The Labute approximate surface area is 149 Å². The van der Waals surface area contributed by atoms with E-state index in [1.54, 1.807) is 24.3 Å². The Hall–Kier alpha value is -2.06. The Balaban J connectivity index is 0.00000225. The summed E-state index contributed by atoms with van der Waals surface area (Å²) in [4.78, 5) is 12.3. The number of carbonyl (C=O) groups excluding carboxylic acids is 1. The quantitative estimate of drug-likeness (QED) is 0.868. The number of carbonyl (C=O) groups is 1. The Bertz CT molecular complexity index is 737. The van der Waals surface area contributed by atoms with E-state index in [9.17, 15) is 18.0 Å². The van der Waals surface area contributed by atoms with Gasteiger partial charge in [0.05, 0.1) is 17.4 Å². The maximum Gasteiger partial charge on any atom is 0.434 e. The largest absolute Gasteiger partial charge is 0.434 e. The predicted octanol–water partition coefficient (Wildman–Crippen LogP) is 2.71. The van der Waals surface area contributed by atoms with Crippen molar-refractivity contribution in [1.29, 1.82) is 0 Å². The number of halogens is 4. The maximum atomic E-state index is 13.5. The number of hydrogen-bond acceptors (Lipinski definition) is 3. The first-order valence-corrected chi connectivity index (χ1v) is 7.60. The first-order valence-electron chi connectivity index (χ1n) is 7.60. The van der Waals surface area contributed by atoms with Crippen LogP contribution in [-0.4, -0.2) is 34.8 Å². The van der Waals surface area contributed by atoms with Crippen LogP contribution < -0.4 is 10.6 Å². The molecule has 5 nitrogen and oxygen atoms in total. The summed E-state index contributed by atoms with van der Waals surface area (Å²) < 4.78 is 41.3. The Kier molecular flexibility index (Phi) is 5.74. The van der Waals surface area contributed by atoms with Gasteiger partial charge in [-0.25, -0.2) is 4.68 Å². The molecule has 0 aliphatic carbocycles. The molecular weight excluding hydrogens is 357 g/mol. The van der Waals surface area contributed by atoms with Crippen molar-refractivity contribution in [3.05, 3.63) is 47.3 Å². The molecule has 136 valence electrons. The molecule has 2 N–H and O–H groups in total. The van der Waals surface area contributed by atoms with Gasteiger partial charge in [-0.3, -0.25) is 4.79 Å². The molecule has 1 atom stereocenters. The van der Waals surface area contributed by atoms with E-state index in [1.807, 2.05) is 6.92 Å². The first-order chi connectivity index (χ1) is 11.4. The number of nitrogens with one attached hydrogen (secondary N) is 2. The third kappa shape index (κ3) is 4.13. The Morgan fingerprint density at radius 1 is 1.32 bits per heavy atom. The smallest absolute Gasteiger partial charge is 0.348 e. The molecule has 0 radical (unpaired) electrons. The van der Waals surface area contributed by atoms with E-state index in [1.165, 1.54) is 0 Å². The monoisotopic (exact) mass is 374 g/mol. The van der Waals surface area contributed by atoms with Crippen molar-refractivity contribution >= 4 is 18.3 Å². The number of rotatable bonds is 3.